The smallest absolute Gasteiger partial charge is 0.200 e. The molecule has 0 spiro atoms. The summed E-state index contributed by atoms with van der Waals surface area (Å²) in [5.74, 6) is -2.76. The second-order valence-corrected chi connectivity index (χ2v) is 8.27. The van der Waals surface area contributed by atoms with Gasteiger partial charge in [0.25, 0.3) is 0 Å². The van der Waals surface area contributed by atoms with Crippen LogP contribution in [0.15, 0.2) is 73.3 Å². The summed E-state index contributed by atoms with van der Waals surface area (Å²) in [6, 6.07) is 14.3. The lowest BCUT2D eigenvalue weighted by Crippen LogP contribution is -2.05. The largest absolute Gasteiger partial charge is 0.505 e. The first-order valence-electron chi connectivity index (χ1n) is 10.9. The van der Waals surface area contributed by atoms with Crippen LogP contribution in [0, 0.1) is 23.4 Å². The molecule has 4 rings (SSSR count). The summed E-state index contributed by atoms with van der Waals surface area (Å²) in [5, 5.41) is 9.29. The van der Waals surface area contributed by atoms with E-state index < -0.39 is 17.4 Å². The van der Waals surface area contributed by atoms with Crippen molar-refractivity contribution < 1.29 is 18.3 Å². The Morgan fingerprint density at radius 1 is 0.875 bits per heavy atom. The molecule has 0 saturated carbocycles. The van der Waals surface area contributed by atoms with Crippen LogP contribution in [0.2, 0.25) is 0 Å². The first kappa shape index (κ1) is 21.9. The fraction of sp³-hybridized carbons (Fsp3) is 0.214. The highest BCUT2D eigenvalue weighted by Crippen LogP contribution is 2.35. The monoisotopic (exact) mass is 434 g/mol. The van der Waals surface area contributed by atoms with Gasteiger partial charge in [0.15, 0.2) is 11.6 Å². The van der Waals surface area contributed by atoms with Gasteiger partial charge in [0.2, 0.25) is 5.82 Å². The van der Waals surface area contributed by atoms with Crippen LogP contribution in [0.5, 0.6) is 5.75 Å². The Bertz CT molecular complexity index is 1160. The fourth-order valence-corrected chi connectivity index (χ4v) is 4.31. The van der Waals surface area contributed by atoms with Crippen LogP contribution in [0.4, 0.5) is 13.2 Å². The standard InChI is InChI=1S/C28H25F3O/c1-2-3-4-18-5-7-19(8-6-18)22-13-14-23(25(29)17-22)20-9-11-21(12-10-20)24-15-16-26(32)28(31)27(24)30/h2,7,9-18,32H,1,3-6,8H2. The molecule has 0 bridgehead atoms. The van der Waals surface area contributed by atoms with Gasteiger partial charge in [0.05, 0.1) is 0 Å². The van der Waals surface area contributed by atoms with Gasteiger partial charge in [-0.05, 0) is 78.5 Å². The van der Waals surface area contributed by atoms with Crippen molar-refractivity contribution in [1.29, 1.82) is 0 Å². The van der Waals surface area contributed by atoms with Crippen LogP contribution in [-0.4, -0.2) is 5.11 Å². The van der Waals surface area contributed by atoms with E-state index in [0.29, 0.717) is 22.6 Å². The zero-order chi connectivity index (χ0) is 22.7. The highest BCUT2D eigenvalue weighted by atomic mass is 19.2. The third-order valence-electron chi connectivity index (χ3n) is 6.21. The molecule has 1 unspecified atom stereocenters. The number of aromatic hydroxyl groups is 1. The Kier molecular flexibility index (Phi) is 6.50. The van der Waals surface area contributed by atoms with Crippen LogP contribution in [-0.2, 0) is 0 Å². The highest BCUT2D eigenvalue weighted by molar-refractivity contribution is 5.74. The Balaban J connectivity index is 1.53. The average Bonchev–Trinajstić information content (AvgIpc) is 2.82. The molecule has 1 atom stereocenters. The quantitative estimate of drug-likeness (QED) is 0.387. The number of benzene rings is 3. The van der Waals surface area contributed by atoms with Crippen molar-refractivity contribution in [3.05, 3.63) is 96.3 Å². The van der Waals surface area contributed by atoms with E-state index in [0.717, 1.165) is 43.7 Å². The van der Waals surface area contributed by atoms with Gasteiger partial charge in [-0.25, -0.2) is 8.78 Å². The number of phenols is 1. The number of phenolic OH excluding ortho intramolecular Hbond substituents is 1. The van der Waals surface area contributed by atoms with Gasteiger partial charge >= 0.3 is 0 Å². The Hall–Kier alpha value is -3.27. The van der Waals surface area contributed by atoms with Gasteiger partial charge in [0.1, 0.15) is 5.82 Å². The fourth-order valence-electron chi connectivity index (χ4n) is 4.31. The minimum Gasteiger partial charge on any atom is -0.505 e. The molecule has 1 aliphatic carbocycles. The summed E-state index contributed by atoms with van der Waals surface area (Å²) in [7, 11) is 0. The Morgan fingerprint density at radius 3 is 2.16 bits per heavy atom. The molecule has 4 heteroatoms. The topological polar surface area (TPSA) is 20.2 Å². The van der Waals surface area contributed by atoms with Gasteiger partial charge < -0.3 is 5.11 Å². The first-order valence-corrected chi connectivity index (χ1v) is 10.9. The first-order chi connectivity index (χ1) is 15.5. The van der Waals surface area contributed by atoms with Crippen molar-refractivity contribution in [2.24, 2.45) is 5.92 Å². The molecular formula is C28H25F3O. The van der Waals surface area contributed by atoms with Crippen LogP contribution >= 0.6 is 0 Å². The third kappa shape index (κ3) is 4.50. The maximum atomic E-state index is 14.9. The molecular weight excluding hydrogens is 409 g/mol. The summed E-state index contributed by atoms with van der Waals surface area (Å²) < 4.78 is 42.7. The van der Waals surface area contributed by atoms with Crippen LogP contribution < -0.4 is 0 Å². The minimum absolute atomic E-state index is 0.0401. The molecule has 0 amide bonds. The molecule has 1 aliphatic rings. The van der Waals surface area contributed by atoms with Crippen molar-refractivity contribution in [3.63, 3.8) is 0 Å². The van der Waals surface area contributed by atoms with E-state index in [1.165, 1.54) is 11.6 Å². The summed E-state index contributed by atoms with van der Waals surface area (Å²) in [4.78, 5) is 0. The van der Waals surface area contributed by atoms with E-state index in [4.69, 9.17) is 0 Å². The molecule has 3 aromatic rings. The van der Waals surface area contributed by atoms with E-state index in [1.807, 2.05) is 12.1 Å². The zero-order valence-corrected chi connectivity index (χ0v) is 17.8. The third-order valence-corrected chi connectivity index (χ3v) is 6.21. The van der Waals surface area contributed by atoms with Gasteiger partial charge in [0, 0.05) is 11.1 Å². The van der Waals surface area contributed by atoms with Gasteiger partial charge in [-0.1, -0.05) is 48.6 Å². The molecule has 1 N–H and O–H groups in total. The van der Waals surface area contributed by atoms with Crippen LogP contribution in [0.3, 0.4) is 0 Å². The number of allylic oxidation sites excluding steroid dienone is 3. The molecule has 0 aliphatic heterocycles. The predicted octanol–water partition coefficient (Wildman–Crippen LogP) is 8.29. The highest BCUT2D eigenvalue weighted by Gasteiger charge is 2.17. The van der Waals surface area contributed by atoms with E-state index in [-0.39, 0.29) is 11.4 Å². The maximum absolute atomic E-state index is 14.9. The van der Waals surface area contributed by atoms with E-state index in [1.54, 1.807) is 36.4 Å². The molecule has 164 valence electrons. The summed E-state index contributed by atoms with van der Waals surface area (Å²) in [6.07, 6.45) is 9.44. The van der Waals surface area contributed by atoms with E-state index in [2.05, 4.69) is 12.7 Å². The molecule has 1 nitrogen and oxygen atoms in total. The summed E-state index contributed by atoms with van der Waals surface area (Å²) >= 11 is 0. The van der Waals surface area contributed by atoms with E-state index >= 15 is 0 Å². The van der Waals surface area contributed by atoms with Crippen molar-refractivity contribution >= 4 is 5.57 Å². The average molecular weight is 435 g/mol. The van der Waals surface area contributed by atoms with Crippen molar-refractivity contribution in [3.8, 4) is 28.0 Å². The molecule has 0 saturated heterocycles. The molecule has 0 aromatic heterocycles. The minimum atomic E-state index is -1.28. The summed E-state index contributed by atoms with van der Waals surface area (Å²) in [5.41, 5.74) is 3.69. The lowest BCUT2D eigenvalue weighted by molar-refractivity contribution is 0.408. The molecule has 32 heavy (non-hydrogen) atoms. The van der Waals surface area contributed by atoms with Gasteiger partial charge in [-0.2, -0.15) is 4.39 Å². The number of hydrogen-bond donors (Lipinski definition) is 1. The molecule has 3 aromatic carbocycles. The van der Waals surface area contributed by atoms with Crippen LogP contribution in [0.25, 0.3) is 27.8 Å². The second kappa shape index (κ2) is 9.47. The molecule has 0 heterocycles. The van der Waals surface area contributed by atoms with E-state index in [9.17, 15) is 18.3 Å². The molecule has 0 radical (unpaired) electrons. The molecule has 0 fully saturated rings. The summed E-state index contributed by atoms with van der Waals surface area (Å²) in [6.45, 7) is 3.78. The second-order valence-electron chi connectivity index (χ2n) is 8.27. The number of hydrogen-bond acceptors (Lipinski definition) is 1. The van der Waals surface area contributed by atoms with Crippen molar-refractivity contribution in [1.82, 2.24) is 0 Å². The Labute approximate surface area is 186 Å². The Morgan fingerprint density at radius 2 is 1.53 bits per heavy atom. The number of halogens is 3. The maximum Gasteiger partial charge on any atom is 0.200 e. The van der Waals surface area contributed by atoms with Crippen molar-refractivity contribution in [2.45, 2.75) is 32.1 Å². The van der Waals surface area contributed by atoms with Crippen LogP contribution in [0.1, 0.15) is 37.7 Å². The van der Waals surface area contributed by atoms with Gasteiger partial charge in [-0.3, -0.25) is 0 Å². The SMILES string of the molecule is C=CCCC1CC=C(c2ccc(-c3ccc(-c4ccc(O)c(F)c4F)cc3)c(F)c2)CC1. The normalized spacial score (nSPS) is 16.0. The zero-order valence-electron chi connectivity index (χ0n) is 17.8. The lowest BCUT2D eigenvalue weighted by atomic mass is 9.84. The van der Waals surface area contributed by atoms with Crippen molar-refractivity contribution in [2.75, 3.05) is 0 Å². The predicted molar refractivity (Wildman–Crippen MR) is 124 cm³/mol. The van der Waals surface area contributed by atoms with Gasteiger partial charge in [-0.15, -0.1) is 6.58 Å². The lowest BCUT2D eigenvalue weighted by Gasteiger charge is -2.22. The number of rotatable bonds is 6.